The maximum absolute atomic E-state index is 6.86. The van der Waals surface area contributed by atoms with Crippen LogP contribution in [0.4, 0.5) is 0 Å². The molecule has 1 aromatic carbocycles. The van der Waals surface area contributed by atoms with Gasteiger partial charge in [0, 0.05) is 76.4 Å². The average Bonchev–Trinajstić information content (AvgIpc) is 3.38. The summed E-state index contributed by atoms with van der Waals surface area (Å²) in [5.74, 6) is 2.39. The highest BCUT2D eigenvalue weighted by atomic mass is 16.5. The number of hydrogen-bond acceptors (Lipinski definition) is 5. The number of hydrogen-bond donors (Lipinski definition) is 0. The molecular formula is C25H33N5O2. The lowest BCUT2D eigenvalue weighted by Crippen LogP contribution is -2.48. The molecule has 0 atom stereocenters. The van der Waals surface area contributed by atoms with Gasteiger partial charge in [-0.25, -0.2) is 4.98 Å². The van der Waals surface area contributed by atoms with Gasteiger partial charge in [-0.15, -0.1) is 0 Å². The van der Waals surface area contributed by atoms with Gasteiger partial charge < -0.3 is 14.0 Å². The first-order valence-corrected chi connectivity index (χ1v) is 11.6. The Morgan fingerprint density at radius 3 is 2.66 bits per heavy atom. The Morgan fingerprint density at radius 1 is 1.19 bits per heavy atom. The normalized spacial score (nSPS) is 17.4. The van der Waals surface area contributed by atoms with Crippen molar-refractivity contribution in [1.29, 1.82) is 0 Å². The van der Waals surface area contributed by atoms with Crippen LogP contribution in [-0.4, -0.2) is 51.0 Å². The van der Waals surface area contributed by atoms with E-state index in [1.54, 1.807) is 7.11 Å². The molecule has 1 spiro atoms. The van der Waals surface area contributed by atoms with E-state index in [-0.39, 0.29) is 5.60 Å². The minimum absolute atomic E-state index is 0.326. The van der Waals surface area contributed by atoms with Crippen LogP contribution in [0.3, 0.4) is 0 Å². The summed E-state index contributed by atoms with van der Waals surface area (Å²) in [6.07, 6.45) is 5.94. The van der Waals surface area contributed by atoms with E-state index >= 15 is 0 Å². The second-order valence-corrected chi connectivity index (χ2v) is 9.36. The van der Waals surface area contributed by atoms with Gasteiger partial charge in [-0.3, -0.25) is 9.58 Å². The van der Waals surface area contributed by atoms with E-state index in [0.717, 1.165) is 61.9 Å². The van der Waals surface area contributed by atoms with Crippen LogP contribution in [-0.2, 0) is 30.5 Å². The SMILES string of the molecule is COCCn1c(C(C)C)nc2c1C1(CCN(Cc3cnn(C)c3)CC1)Oc1ccccc1-2. The first kappa shape index (κ1) is 21.2. The van der Waals surface area contributed by atoms with Gasteiger partial charge in [0.05, 0.1) is 24.2 Å². The summed E-state index contributed by atoms with van der Waals surface area (Å²) in [6.45, 7) is 8.76. The van der Waals surface area contributed by atoms with E-state index in [9.17, 15) is 0 Å². The minimum atomic E-state index is -0.358. The predicted octanol–water partition coefficient (Wildman–Crippen LogP) is 3.94. The van der Waals surface area contributed by atoms with Gasteiger partial charge in [0.15, 0.2) is 5.60 Å². The third-order valence-electron chi connectivity index (χ3n) is 6.74. The molecule has 0 amide bonds. The quantitative estimate of drug-likeness (QED) is 0.587. The standard InChI is InChI=1S/C25H33N5O2/c1-18(2)24-27-22-20-7-5-6-8-21(20)32-25(23(22)30(24)13-14-31-4)9-11-29(12-10-25)17-19-15-26-28(3)16-19/h5-8,15-16,18H,9-14,17H2,1-4H3. The van der Waals surface area contributed by atoms with Crippen molar-refractivity contribution in [2.75, 3.05) is 26.8 Å². The smallest absolute Gasteiger partial charge is 0.153 e. The van der Waals surface area contributed by atoms with E-state index in [0.29, 0.717) is 12.5 Å². The first-order chi connectivity index (χ1) is 15.5. The molecule has 7 heteroatoms. The van der Waals surface area contributed by atoms with Gasteiger partial charge in [-0.05, 0) is 12.1 Å². The van der Waals surface area contributed by atoms with Gasteiger partial charge >= 0.3 is 0 Å². The third-order valence-corrected chi connectivity index (χ3v) is 6.74. The molecule has 4 heterocycles. The summed E-state index contributed by atoms with van der Waals surface area (Å²) in [7, 11) is 3.73. The molecule has 0 aliphatic carbocycles. The molecule has 170 valence electrons. The molecule has 1 saturated heterocycles. The maximum atomic E-state index is 6.86. The van der Waals surface area contributed by atoms with Crippen molar-refractivity contribution in [1.82, 2.24) is 24.2 Å². The van der Waals surface area contributed by atoms with E-state index in [2.05, 4.69) is 58.9 Å². The molecule has 2 aliphatic heterocycles. The molecule has 32 heavy (non-hydrogen) atoms. The van der Waals surface area contributed by atoms with E-state index in [1.807, 2.05) is 17.9 Å². The van der Waals surface area contributed by atoms with Crippen molar-refractivity contribution >= 4 is 0 Å². The number of methoxy groups -OCH3 is 1. The summed E-state index contributed by atoms with van der Waals surface area (Å²) in [6, 6.07) is 8.35. The number of benzene rings is 1. The fourth-order valence-electron chi connectivity index (χ4n) is 5.20. The molecule has 1 fully saturated rings. The highest BCUT2D eigenvalue weighted by Crippen LogP contribution is 2.50. The molecule has 3 aromatic rings. The summed E-state index contributed by atoms with van der Waals surface area (Å²) >= 11 is 0. The van der Waals surface area contributed by atoms with E-state index in [4.69, 9.17) is 14.5 Å². The van der Waals surface area contributed by atoms with Gasteiger partial charge in [0.2, 0.25) is 0 Å². The number of likely N-dealkylation sites (tertiary alicyclic amines) is 1. The zero-order valence-corrected chi connectivity index (χ0v) is 19.5. The van der Waals surface area contributed by atoms with Gasteiger partial charge in [-0.2, -0.15) is 5.10 Å². The van der Waals surface area contributed by atoms with Crippen molar-refractivity contribution in [2.45, 2.75) is 51.3 Å². The second-order valence-electron chi connectivity index (χ2n) is 9.36. The van der Waals surface area contributed by atoms with Crippen molar-refractivity contribution in [2.24, 2.45) is 7.05 Å². The highest BCUT2D eigenvalue weighted by molar-refractivity contribution is 5.73. The molecule has 0 unspecified atom stereocenters. The highest BCUT2D eigenvalue weighted by Gasteiger charge is 2.47. The third kappa shape index (κ3) is 3.63. The largest absolute Gasteiger partial charge is 0.480 e. The Bertz CT molecular complexity index is 1090. The fraction of sp³-hybridized carbons (Fsp3) is 0.520. The topological polar surface area (TPSA) is 57.3 Å². The Balaban J connectivity index is 1.52. The molecule has 0 radical (unpaired) electrons. The number of aryl methyl sites for hydroxylation is 1. The molecular weight excluding hydrogens is 402 g/mol. The van der Waals surface area contributed by atoms with Crippen molar-refractivity contribution in [3.8, 4) is 17.0 Å². The molecule has 2 aromatic heterocycles. The molecule has 0 N–H and O–H groups in total. The van der Waals surface area contributed by atoms with Crippen LogP contribution in [0.1, 0.15) is 49.7 Å². The summed E-state index contributed by atoms with van der Waals surface area (Å²) in [5.41, 5.74) is 4.32. The Morgan fingerprint density at radius 2 is 1.97 bits per heavy atom. The number of para-hydroxylation sites is 1. The van der Waals surface area contributed by atoms with Gasteiger partial charge in [0.1, 0.15) is 11.6 Å². The average molecular weight is 436 g/mol. The Hall–Kier alpha value is -2.64. The molecule has 2 aliphatic rings. The lowest BCUT2D eigenvalue weighted by atomic mass is 9.83. The van der Waals surface area contributed by atoms with Crippen LogP contribution >= 0.6 is 0 Å². The number of piperidine rings is 1. The zero-order chi connectivity index (χ0) is 22.3. The predicted molar refractivity (Wildman–Crippen MR) is 124 cm³/mol. The summed E-state index contributed by atoms with van der Waals surface area (Å²) in [5, 5.41) is 4.32. The van der Waals surface area contributed by atoms with Crippen molar-refractivity contribution < 1.29 is 9.47 Å². The number of aromatic nitrogens is 4. The van der Waals surface area contributed by atoms with Crippen molar-refractivity contribution in [3.63, 3.8) is 0 Å². The van der Waals surface area contributed by atoms with E-state index in [1.165, 1.54) is 11.3 Å². The van der Waals surface area contributed by atoms with Crippen LogP contribution < -0.4 is 4.74 Å². The number of nitrogens with zero attached hydrogens (tertiary/aromatic N) is 5. The number of rotatable bonds is 6. The number of ether oxygens (including phenoxy) is 2. The number of fused-ring (bicyclic) bond motifs is 4. The molecule has 7 nitrogen and oxygen atoms in total. The Labute approximate surface area is 190 Å². The molecule has 0 saturated carbocycles. The monoisotopic (exact) mass is 435 g/mol. The second kappa shape index (κ2) is 8.37. The molecule has 5 rings (SSSR count). The van der Waals surface area contributed by atoms with Crippen LogP contribution in [0.25, 0.3) is 11.3 Å². The minimum Gasteiger partial charge on any atom is -0.480 e. The van der Waals surface area contributed by atoms with Crippen molar-refractivity contribution in [3.05, 3.63) is 53.7 Å². The maximum Gasteiger partial charge on any atom is 0.153 e. The fourth-order valence-corrected chi connectivity index (χ4v) is 5.20. The summed E-state index contributed by atoms with van der Waals surface area (Å²) < 4.78 is 16.6. The van der Waals surface area contributed by atoms with Crippen LogP contribution in [0, 0.1) is 0 Å². The Kier molecular flexibility index (Phi) is 5.55. The van der Waals surface area contributed by atoms with Crippen LogP contribution in [0.5, 0.6) is 5.75 Å². The van der Waals surface area contributed by atoms with Gasteiger partial charge in [0.25, 0.3) is 0 Å². The number of imidazole rings is 1. The first-order valence-electron chi connectivity index (χ1n) is 11.6. The van der Waals surface area contributed by atoms with Crippen LogP contribution in [0.15, 0.2) is 36.7 Å². The van der Waals surface area contributed by atoms with E-state index < -0.39 is 0 Å². The zero-order valence-electron chi connectivity index (χ0n) is 19.5. The lowest BCUT2D eigenvalue weighted by Gasteiger charge is -2.44. The van der Waals surface area contributed by atoms with Crippen LogP contribution in [0.2, 0.25) is 0 Å². The lowest BCUT2D eigenvalue weighted by molar-refractivity contribution is -0.0137. The summed E-state index contributed by atoms with van der Waals surface area (Å²) in [4.78, 5) is 7.69. The molecule has 0 bridgehead atoms. The van der Waals surface area contributed by atoms with Gasteiger partial charge in [-0.1, -0.05) is 26.0 Å².